The molecule has 2 heterocycles. The van der Waals surface area contributed by atoms with E-state index in [-0.39, 0.29) is 6.04 Å². The Bertz CT molecular complexity index is 689. The van der Waals surface area contributed by atoms with E-state index in [0.717, 1.165) is 29.9 Å². The molecular formula is C14H17N5S. The van der Waals surface area contributed by atoms with E-state index in [9.17, 15) is 0 Å². The van der Waals surface area contributed by atoms with E-state index in [1.807, 2.05) is 23.2 Å². The molecule has 0 spiro atoms. The lowest BCUT2D eigenvalue weighted by molar-refractivity contribution is 0.528. The molecule has 0 amide bonds. The average Bonchev–Trinajstić information content (AvgIpc) is 3.08. The van der Waals surface area contributed by atoms with E-state index < -0.39 is 0 Å². The summed E-state index contributed by atoms with van der Waals surface area (Å²) in [4.78, 5) is 0. The highest BCUT2D eigenvalue weighted by Gasteiger charge is 2.17. The summed E-state index contributed by atoms with van der Waals surface area (Å²) < 4.78 is 5.90. The maximum atomic E-state index is 4.65. The minimum absolute atomic E-state index is 0.164. The number of rotatable bonds is 5. The van der Waals surface area contributed by atoms with Crippen LogP contribution in [0.4, 0.5) is 0 Å². The van der Waals surface area contributed by atoms with Crippen LogP contribution in [0.2, 0.25) is 0 Å². The van der Waals surface area contributed by atoms with Gasteiger partial charge in [0, 0.05) is 24.2 Å². The van der Waals surface area contributed by atoms with Crippen molar-refractivity contribution in [3.63, 3.8) is 0 Å². The van der Waals surface area contributed by atoms with Gasteiger partial charge in [-0.25, -0.2) is 0 Å². The fourth-order valence-corrected chi connectivity index (χ4v) is 2.99. The van der Waals surface area contributed by atoms with Gasteiger partial charge in [0.1, 0.15) is 0 Å². The minimum Gasteiger partial charge on any atom is -0.308 e. The maximum Gasteiger partial charge on any atom is 0.0928 e. The van der Waals surface area contributed by atoms with E-state index in [1.54, 1.807) is 0 Å². The zero-order chi connectivity index (χ0) is 13.9. The van der Waals surface area contributed by atoms with E-state index in [4.69, 9.17) is 0 Å². The Labute approximate surface area is 121 Å². The molecule has 20 heavy (non-hydrogen) atoms. The summed E-state index contributed by atoms with van der Waals surface area (Å²) in [7, 11) is 1.98. The highest BCUT2D eigenvalue weighted by atomic mass is 32.1. The molecule has 3 rings (SSSR count). The Kier molecular flexibility index (Phi) is 3.75. The smallest absolute Gasteiger partial charge is 0.0928 e. The molecule has 0 radical (unpaired) electrons. The van der Waals surface area contributed by atoms with Crippen LogP contribution in [0.1, 0.15) is 24.4 Å². The molecule has 0 saturated carbocycles. The number of hydrogen-bond donors (Lipinski definition) is 1. The van der Waals surface area contributed by atoms with Crippen molar-refractivity contribution in [2.24, 2.45) is 7.05 Å². The lowest BCUT2D eigenvalue weighted by Crippen LogP contribution is -2.23. The van der Waals surface area contributed by atoms with Crippen LogP contribution in [-0.4, -0.2) is 25.9 Å². The van der Waals surface area contributed by atoms with Crippen LogP contribution in [0.15, 0.2) is 29.6 Å². The van der Waals surface area contributed by atoms with Gasteiger partial charge < -0.3 is 5.32 Å². The number of nitrogens with zero attached hydrogens (tertiary/aromatic N) is 4. The van der Waals surface area contributed by atoms with Crippen LogP contribution in [0.3, 0.4) is 0 Å². The van der Waals surface area contributed by atoms with Gasteiger partial charge in [-0.2, -0.15) is 5.10 Å². The first-order chi connectivity index (χ1) is 9.79. The van der Waals surface area contributed by atoms with E-state index in [0.29, 0.717) is 0 Å². The van der Waals surface area contributed by atoms with Crippen molar-refractivity contribution < 1.29 is 0 Å². The molecule has 0 aliphatic carbocycles. The first kappa shape index (κ1) is 13.2. The molecule has 0 fully saturated rings. The van der Waals surface area contributed by atoms with Crippen molar-refractivity contribution in [2.75, 3.05) is 6.54 Å². The van der Waals surface area contributed by atoms with Crippen LogP contribution in [0.5, 0.6) is 0 Å². The van der Waals surface area contributed by atoms with Gasteiger partial charge in [-0.1, -0.05) is 29.6 Å². The highest BCUT2D eigenvalue weighted by molar-refractivity contribution is 7.03. The SMILES string of the molecule is CCNC(Cc1nn(C)c2ccccc12)c1csnn1. The lowest BCUT2D eigenvalue weighted by Gasteiger charge is -2.13. The molecule has 1 N–H and O–H groups in total. The van der Waals surface area contributed by atoms with Crippen LogP contribution in [0.25, 0.3) is 10.9 Å². The normalized spacial score (nSPS) is 12.9. The molecule has 0 saturated heterocycles. The standard InChI is InChI=1S/C14H17N5S/c1-3-15-12(13-9-20-18-16-13)8-11-10-6-4-5-7-14(10)19(2)17-11/h4-7,9,12,15H,3,8H2,1-2H3. The molecule has 3 aromatic rings. The third-order valence-corrected chi connectivity index (χ3v) is 3.94. The summed E-state index contributed by atoms with van der Waals surface area (Å²) in [6.07, 6.45) is 0.820. The molecule has 6 heteroatoms. The predicted octanol–water partition coefficient (Wildman–Crippen LogP) is 2.32. The lowest BCUT2D eigenvalue weighted by atomic mass is 10.1. The van der Waals surface area contributed by atoms with Crippen molar-refractivity contribution in [1.82, 2.24) is 24.7 Å². The first-order valence-corrected chi connectivity index (χ1v) is 7.54. The fourth-order valence-electron chi connectivity index (χ4n) is 2.48. The average molecular weight is 287 g/mol. The van der Waals surface area contributed by atoms with Crippen LogP contribution >= 0.6 is 11.5 Å². The second kappa shape index (κ2) is 5.68. The maximum absolute atomic E-state index is 4.65. The first-order valence-electron chi connectivity index (χ1n) is 6.70. The van der Waals surface area contributed by atoms with E-state index in [2.05, 4.69) is 45.1 Å². The highest BCUT2D eigenvalue weighted by Crippen LogP contribution is 2.23. The van der Waals surface area contributed by atoms with Gasteiger partial charge in [0.05, 0.1) is 22.9 Å². The second-order valence-corrected chi connectivity index (χ2v) is 5.34. The molecule has 1 aromatic carbocycles. The van der Waals surface area contributed by atoms with Gasteiger partial charge in [0.15, 0.2) is 0 Å². The number of hydrogen-bond acceptors (Lipinski definition) is 5. The molecule has 5 nitrogen and oxygen atoms in total. The Morgan fingerprint density at radius 1 is 1.35 bits per heavy atom. The van der Waals surface area contributed by atoms with Gasteiger partial charge in [0.2, 0.25) is 0 Å². The Hall–Kier alpha value is -1.79. The van der Waals surface area contributed by atoms with Crippen molar-refractivity contribution in [1.29, 1.82) is 0 Å². The summed E-state index contributed by atoms with van der Waals surface area (Å²) in [5.74, 6) is 0. The number of para-hydroxylation sites is 1. The number of benzene rings is 1. The quantitative estimate of drug-likeness (QED) is 0.782. The molecule has 0 bridgehead atoms. The van der Waals surface area contributed by atoms with Crippen LogP contribution in [-0.2, 0) is 13.5 Å². The predicted molar refractivity (Wildman–Crippen MR) is 80.7 cm³/mol. The zero-order valence-corrected chi connectivity index (χ0v) is 12.4. The third kappa shape index (κ3) is 2.44. The third-order valence-electron chi connectivity index (χ3n) is 3.42. The minimum atomic E-state index is 0.164. The zero-order valence-electron chi connectivity index (χ0n) is 11.6. The number of nitrogens with one attached hydrogen (secondary N) is 1. The molecule has 0 aliphatic rings. The molecular weight excluding hydrogens is 270 g/mol. The monoisotopic (exact) mass is 287 g/mol. The van der Waals surface area contributed by atoms with E-state index in [1.165, 1.54) is 16.9 Å². The van der Waals surface area contributed by atoms with Gasteiger partial charge in [-0.3, -0.25) is 4.68 Å². The summed E-state index contributed by atoms with van der Waals surface area (Å²) in [5.41, 5.74) is 3.25. The number of likely N-dealkylation sites (N-methyl/N-ethyl adjacent to an activating group) is 1. The van der Waals surface area contributed by atoms with Crippen molar-refractivity contribution in [3.05, 3.63) is 41.0 Å². The number of fused-ring (bicyclic) bond motifs is 1. The Morgan fingerprint density at radius 3 is 2.95 bits per heavy atom. The molecule has 2 aromatic heterocycles. The van der Waals surface area contributed by atoms with Gasteiger partial charge in [-0.15, -0.1) is 5.10 Å². The van der Waals surface area contributed by atoms with E-state index >= 15 is 0 Å². The van der Waals surface area contributed by atoms with Crippen LogP contribution in [0, 0.1) is 0 Å². The summed E-state index contributed by atoms with van der Waals surface area (Å²) >= 11 is 1.39. The van der Waals surface area contributed by atoms with Crippen LogP contribution < -0.4 is 5.32 Å². The van der Waals surface area contributed by atoms with Gasteiger partial charge in [0.25, 0.3) is 0 Å². The summed E-state index contributed by atoms with van der Waals surface area (Å²) in [6, 6.07) is 8.48. The summed E-state index contributed by atoms with van der Waals surface area (Å²) in [5, 5.41) is 15.5. The fraction of sp³-hybridized carbons (Fsp3) is 0.357. The van der Waals surface area contributed by atoms with Gasteiger partial charge >= 0.3 is 0 Å². The number of aromatic nitrogens is 4. The van der Waals surface area contributed by atoms with Crippen molar-refractivity contribution in [3.8, 4) is 0 Å². The number of aryl methyl sites for hydroxylation is 1. The van der Waals surface area contributed by atoms with Crippen molar-refractivity contribution >= 4 is 22.4 Å². The summed E-state index contributed by atoms with van der Waals surface area (Å²) in [6.45, 7) is 3.00. The molecule has 1 unspecified atom stereocenters. The molecule has 104 valence electrons. The Morgan fingerprint density at radius 2 is 2.20 bits per heavy atom. The van der Waals surface area contributed by atoms with Crippen molar-refractivity contribution in [2.45, 2.75) is 19.4 Å². The molecule has 0 aliphatic heterocycles. The largest absolute Gasteiger partial charge is 0.308 e. The Balaban J connectivity index is 1.94. The topological polar surface area (TPSA) is 55.6 Å². The molecule has 1 atom stereocenters. The van der Waals surface area contributed by atoms with Gasteiger partial charge in [-0.05, 0) is 24.1 Å². The second-order valence-electron chi connectivity index (χ2n) is 4.73.